The molecule has 0 heterocycles. The number of anilines is 1. The maximum absolute atomic E-state index is 14.0. The van der Waals surface area contributed by atoms with Crippen LogP contribution in [0.25, 0.3) is 0 Å². The van der Waals surface area contributed by atoms with Gasteiger partial charge in [-0.25, -0.2) is 8.42 Å². The standard InChI is InChI=1S/C31H36BrN3O5S/c1-3-40-28-19-17-27(18-20-28)35(41(38,39)29-11-5-4-6-12-29)22-30(36)34(21-24-13-15-25(32)16-14-24)23(2)31(37)33-26-9-7-8-10-26/h4-6,11-20,23,26H,3,7-10,21-22H2,1-2H3,(H,33,37)/t23-/m1/s1. The molecule has 1 fully saturated rings. The number of amides is 2. The van der Waals surface area contributed by atoms with E-state index in [9.17, 15) is 18.0 Å². The van der Waals surface area contributed by atoms with Crippen LogP contribution >= 0.6 is 15.9 Å². The van der Waals surface area contributed by atoms with Gasteiger partial charge in [-0.1, -0.05) is 59.1 Å². The van der Waals surface area contributed by atoms with Crippen molar-refractivity contribution in [3.05, 3.63) is 88.9 Å². The Balaban J connectivity index is 1.67. The summed E-state index contributed by atoms with van der Waals surface area (Å²) in [6.45, 7) is 3.68. The SMILES string of the molecule is CCOc1ccc(N(CC(=O)N(Cc2ccc(Br)cc2)[C@H](C)C(=O)NC2CCCC2)S(=O)(=O)c2ccccc2)cc1. The molecule has 1 atom stereocenters. The Morgan fingerprint density at radius 1 is 0.976 bits per heavy atom. The van der Waals surface area contributed by atoms with Gasteiger partial charge in [0.25, 0.3) is 10.0 Å². The van der Waals surface area contributed by atoms with E-state index in [1.54, 1.807) is 49.4 Å². The van der Waals surface area contributed by atoms with E-state index in [2.05, 4.69) is 21.2 Å². The maximum Gasteiger partial charge on any atom is 0.264 e. The molecule has 1 aliphatic rings. The Morgan fingerprint density at radius 2 is 1.61 bits per heavy atom. The van der Waals surface area contributed by atoms with Crippen molar-refractivity contribution in [1.29, 1.82) is 0 Å². The number of hydrogen-bond donors (Lipinski definition) is 1. The third-order valence-corrected chi connectivity index (χ3v) is 9.50. The summed E-state index contributed by atoms with van der Waals surface area (Å²) in [7, 11) is -4.11. The largest absolute Gasteiger partial charge is 0.494 e. The van der Waals surface area contributed by atoms with Crippen LogP contribution in [0.3, 0.4) is 0 Å². The lowest BCUT2D eigenvalue weighted by atomic mass is 10.1. The predicted octanol–water partition coefficient (Wildman–Crippen LogP) is 5.52. The van der Waals surface area contributed by atoms with E-state index in [1.165, 1.54) is 17.0 Å². The van der Waals surface area contributed by atoms with Gasteiger partial charge in [-0.3, -0.25) is 13.9 Å². The predicted molar refractivity (Wildman–Crippen MR) is 163 cm³/mol. The summed E-state index contributed by atoms with van der Waals surface area (Å²) < 4.78 is 35.3. The van der Waals surface area contributed by atoms with Crippen molar-refractivity contribution in [3.63, 3.8) is 0 Å². The van der Waals surface area contributed by atoms with Crippen molar-refractivity contribution in [2.45, 2.75) is 63.1 Å². The van der Waals surface area contributed by atoms with Gasteiger partial charge in [-0.05, 0) is 80.8 Å². The minimum Gasteiger partial charge on any atom is -0.494 e. The Hall–Kier alpha value is -3.37. The molecule has 218 valence electrons. The highest BCUT2D eigenvalue weighted by Crippen LogP contribution is 2.27. The first-order valence-corrected chi connectivity index (χ1v) is 16.1. The topological polar surface area (TPSA) is 96.0 Å². The fourth-order valence-corrected chi connectivity index (χ4v) is 6.58. The molecule has 2 amide bonds. The molecule has 0 aliphatic heterocycles. The molecular formula is C31H36BrN3O5S. The van der Waals surface area contributed by atoms with Gasteiger partial charge in [0.2, 0.25) is 11.8 Å². The first-order valence-electron chi connectivity index (χ1n) is 13.8. The van der Waals surface area contributed by atoms with E-state index in [-0.39, 0.29) is 23.4 Å². The number of sulfonamides is 1. The van der Waals surface area contributed by atoms with E-state index >= 15 is 0 Å². The number of nitrogens with one attached hydrogen (secondary N) is 1. The zero-order valence-electron chi connectivity index (χ0n) is 23.3. The van der Waals surface area contributed by atoms with E-state index in [0.717, 1.165) is 40.0 Å². The van der Waals surface area contributed by atoms with Crippen LogP contribution in [-0.2, 0) is 26.2 Å². The van der Waals surface area contributed by atoms with Gasteiger partial charge in [0.1, 0.15) is 18.3 Å². The van der Waals surface area contributed by atoms with Crippen LogP contribution < -0.4 is 14.4 Å². The van der Waals surface area contributed by atoms with Gasteiger partial charge < -0.3 is 15.0 Å². The molecule has 0 radical (unpaired) electrons. The van der Waals surface area contributed by atoms with Crippen molar-refractivity contribution >= 4 is 43.5 Å². The Labute approximate surface area is 250 Å². The molecule has 0 spiro atoms. The van der Waals surface area contributed by atoms with E-state index < -0.39 is 28.5 Å². The summed E-state index contributed by atoms with van der Waals surface area (Å²) in [6.07, 6.45) is 3.96. The summed E-state index contributed by atoms with van der Waals surface area (Å²) in [4.78, 5) is 28.9. The van der Waals surface area contributed by atoms with Crippen molar-refractivity contribution in [1.82, 2.24) is 10.2 Å². The number of hydrogen-bond acceptors (Lipinski definition) is 5. The van der Waals surface area contributed by atoms with Crippen molar-refractivity contribution in [2.75, 3.05) is 17.5 Å². The molecule has 1 saturated carbocycles. The molecule has 0 saturated heterocycles. The average molecular weight is 643 g/mol. The molecular weight excluding hydrogens is 606 g/mol. The molecule has 8 nitrogen and oxygen atoms in total. The fraction of sp³-hybridized carbons (Fsp3) is 0.355. The van der Waals surface area contributed by atoms with Crippen LogP contribution in [0.4, 0.5) is 5.69 Å². The van der Waals surface area contributed by atoms with E-state index in [0.29, 0.717) is 18.0 Å². The lowest BCUT2D eigenvalue weighted by molar-refractivity contribution is -0.139. The quantitative estimate of drug-likeness (QED) is 0.281. The van der Waals surface area contributed by atoms with Gasteiger partial charge in [0.15, 0.2) is 0 Å². The van der Waals surface area contributed by atoms with Gasteiger partial charge >= 0.3 is 0 Å². The molecule has 0 unspecified atom stereocenters. The number of ether oxygens (including phenoxy) is 1. The molecule has 0 aromatic heterocycles. The lowest BCUT2D eigenvalue weighted by Crippen LogP contribution is -2.52. The molecule has 3 aromatic carbocycles. The van der Waals surface area contributed by atoms with Crippen LogP contribution in [0.15, 0.2) is 88.2 Å². The highest BCUT2D eigenvalue weighted by atomic mass is 79.9. The summed E-state index contributed by atoms with van der Waals surface area (Å²) in [5, 5.41) is 3.08. The maximum atomic E-state index is 14.0. The first kappa shape index (κ1) is 30.6. The smallest absolute Gasteiger partial charge is 0.264 e. The van der Waals surface area contributed by atoms with Gasteiger partial charge in [0, 0.05) is 17.1 Å². The number of halogens is 1. The molecule has 10 heteroatoms. The molecule has 1 N–H and O–H groups in total. The van der Waals surface area contributed by atoms with Gasteiger partial charge in [0.05, 0.1) is 17.2 Å². The van der Waals surface area contributed by atoms with Crippen LogP contribution in [0.5, 0.6) is 5.75 Å². The second-order valence-corrected chi connectivity index (χ2v) is 12.8. The highest BCUT2D eigenvalue weighted by Gasteiger charge is 2.33. The number of nitrogens with zero attached hydrogens (tertiary/aromatic N) is 2. The summed E-state index contributed by atoms with van der Waals surface area (Å²) in [6, 6.07) is 21.4. The molecule has 41 heavy (non-hydrogen) atoms. The number of carbonyl (C=O) groups excluding carboxylic acids is 2. The highest BCUT2D eigenvalue weighted by molar-refractivity contribution is 9.10. The van der Waals surface area contributed by atoms with Crippen LogP contribution in [0, 0.1) is 0 Å². The number of rotatable bonds is 12. The molecule has 3 aromatic rings. The van der Waals surface area contributed by atoms with Crippen molar-refractivity contribution in [2.24, 2.45) is 0 Å². The summed E-state index contributed by atoms with van der Waals surface area (Å²) in [5.74, 6) is -0.148. The minimum absolute atomic E-state index is 0.0631. The second-order valence-electron chi connectivity index (χ2n) is 10.1. The lowest BCUT2D eigenvalue weighted by Gasteiger charge is -2.32. The van der Waals surface area contributed by atoms with Crippen LogP contribution in [0.2, 0.25) is 0 Å². The first-order chi connectivity index (χ1) is 19.7. The van der Waals surface area contributed by atoms with E-state index in [1.807, 2.05) is 31.2 Å². The van der Waals surface area contributed by atoms with Crippen molar-refractivity contribution in [3.8, 4) is 5.75 Å². The third-order valence-electron chi connectivity index (χ3n) is 7.18. The average Bonchev–Trinajstić information content (AvgIpc) is 3.49. The minimum atomic E-state index is -4.11. The Bertz CT molecular complexity index is 1410. The van der Waals surface area contributed by atoms with Crippen LogP contribution in [-0.4, -0.2) is 50.4 Å². The van der Waals surface area contributed by atoms with E-state index in [4.69, 9.17) is 4.74 Å². The summed E-state index contributed by atoms with van der Waals surface area (Å²) in [5.41, 5.74) is 1.14. The second kappa shape index (κ2) is 14.0. The van der Waals surface area contributed by atoms with Crippen LogP contribution in [0.1, 0.15) is 45.1 Å². The molecule has 0 bridgehead atoms. The summed E-state index contributed by atoms with van der Waals surface area (Å²) >= 11 is 3.43. The normalized spacial score (nSPS) is 14.3. The van der Waals surface area contributed by atoms with Crippen molar-refractivity contribution < 1.29 is 22.7 Å². The van der Waals surface area contributed by atoms with Gasteiger partial charge in [-0.2, -0.15) is 0 Å². The zero-order valence-corrected chi connectivity index (χ0v) is 25.7. The Morgan fingerprint density at radius 3 is 2.22 bits per heavy atom. The monoisotopic (exact) mass is 641 g/mol. The van der Waals surface area contributed by atoms with Gasteiger partial charge in [-0.15, -0.1) is 0 Å². The number of benzene rings is 3. The third kappa shape index (κ3) is 7.89. The molecule has 4 rings (SSSR count). The Kier molecular flexibility index (Phi) is 10.4. The molecule has 1 aliphatic carbocycles. The zero-order chi connectivity index (χ0) is 29.4. The number of carbonyl (C=O) groups is 2. The fourth-order valence-electron chi connectivity index (χ4n) is 4.88.